The maximum Gasteiger partial charge on any atom is 0.407 e. The molecule has 142 valence electrons. The van der Waals surface area contributed by atoms with E-state index in [0.29, 0.717) is 19.4 Å². The van der Waals surface area contributed by atoms with Crippen LogP contribution in [0, 0.1) is 0 Å². The van der Waals surface area contributed by atoms with Crippen LogP contribution in [-0.2, 0) is 22.4 Å². The summed E-state index contributed by atoms with van der Waals surface area (Å²) < 4.78 is 5.20. The first-order chi connectivity index (χ1) is 13.2. The van der Waals surface area contributed by atoms with Crippen LogP contribution in [-0.4, -0.2) is 30.6 Å². The second-order valence-electron chi connectivity index (χ2n) is 6.74. The van der Waals surface area contributed by atoms with Crippen molar-refractivity contribution in [3.63, 3.8) is 0 Å². The highest BCUT2D eigenvalue weighted by atomic mass is 16.6. The Morgan fingerprint density at radius 2 is 1.81 bits per heavy atom. The van der Waals surface area contributed by atoms with Gasteiger partial charge in [0.15, 0.2) is 6.10 Å². The number of alkyl carbamates (subject to hydrolysis) is 1. The van der Waals surface area contributed by atoms with Gasteiger partial charge in [0.1, 0.15) is 0 Å². The number of hydrogen-bond acceptors (Lipinski definition) is 4. The highest BCUT2D eigenvalue weighted by molar-refractivity contribution is 5.87. The van der Waals surface area contributed by atoms with Crippen LogP contribution in [0.2, 0.25) is 0 Å². The van der Waals surface area contributed by atoms with Gasteiger partial charge in [-0.3, -0.25) is 0 Å². The quantitative estimate of drug-likeness (QED) is 0.764. The van der Waals surface area contributed by atoms with E-state index in [1.54, 1.807) is 0 Å². The lowest BCUT2D eigenvalue weighted by Gasteiger charge is -2.23. The molecule has 0 spiro atoms. The summed E-state index contributed by atoms with van der Waals surface area (Å²) in [7, 11) is 0. The molecule has 0 saturated heterocycles. The first-order valence-electron chi connectivity index (χ1n) is 9.47. The van der Waals surface area contributed by atoms with Crippen molar-refractivity contribution in [2.24, 2.45) is 5.16 Å². The molecule has 2 aromatic rings. The number of nitrogens with zero attached hydrogens (tertiary/aromatic N) is 1. The fourth-order valence-electron chi connectivity index (χ4n) is 3.13. The summed E-state index contributed by atoms with van der Waals surface area (Å²) in [6.07, 6.45) is 2.31. The summed E-state index contributed by atoms with van der Waals surface area (Å²) in [5.41, 5.74) is 3.34. The lowest BCUT2D eigenvalue weighted by molar-refractivity contribution is 0.0517. The molecule has 1 amide bonds. The van der Waals surface area contributed by atoms with Crippen LogP contribution in [0.4, 0.5) is 4.79 Å². The number of rotatable bonds is 8. The van der Waals surface area contributed by atoms with Gasteiger partial charge in [-0.25, -0.2) is 4.79 Å². The molecule has 1 heterocycles. The molecular weight excluding hydrogens is 340 g/mol. The number of amides is 1. The third kappa shape index (κ3) is 5.84. The Balaban J connectivity index is 1.63. The highest BCUT2D eigenvalue weighted by Crippen LogP contribution is 2.20. The number of ether oxygens (including phenoxy) is 1. The van der Waals surface area contributed by atoms with Gasteiger partial charge in [-0.15, -0.1) is 0 Å². The van der Waals surface area contributed by atoms with Gasteiger partial charge in [0.2, 0.25) is 0 Å². The monoisotopic (exact) mass is 366 g/mol. The van der Waals surface area contributed by atoms with Crippen LogP contribution >= 0.6 is 0 Å². The second-order valence-corrected chi connectivity index (χ2v) is 6.74. The van der Waals surface area contributed by atoms with Crippen molar-refractivity contribution in [2.75, 3.05) is 6.61 Å². The Morgan fingerprint density at radius 1 is 1.15 bits per heavy atom. The number of oxime groups is 1. The third-order valence-electron chi connectivity index (χ3n) is 4.49. The van der Waals surface area contributed by atoms with E-state index < -0.39 is 6.09 Å². The van der Waals surface area contributed by atoms with Gasteiger partial charge < -0.3 is 14.9 Å². The van der Waals surface area contributed by atoms with Gasteiger partial charge in [-0.1, -0.05) is 72.7 Å². The van der Waals surface area contributed by atoms with E-state index in [-0.39, 0.29) is 12.1 Å². The minimum atomic E-state index is -0.405. The topological polar surface area (TPSA) is 59.9 Å². The van der Waals surface area contributed by atoms with E-state index in [2.05, 4.69) is 22.6 Å². The SMILES string of the molecule is CCCOC(=O)NC(Cc1ccccc1)C1CC(Cc2ccccc2)=NO1. The van der Waals surface area contributed by atoms with Crippen LogP contribution in [0.5, 0.6) is 0 Å². The largest absolute Gasteiger partial charge is 0.450 e. The van der Waals surface area contributed by atoms with Gasteiger partial charge in [0, 0.05) is 12.8 Å². The minimum Gasteiger partial charge on any atom is -0.450 e. The predicted octanol–water partition coefficient (Wildman–Crippen LogP) is 4.12. The zero-order valence-corrected chi connectivity index (χ0v) is 15.6. The number of nitrogens with one attached hydrogen (secondary N) is 1. The fourth-order valence-corrected chi connectivity index (χ4v) is 3.13. The molecule has 0 aromatic heterocycles. The average molecular weight is 366 g/mol. The van der Waals surface area contributed by atoms with Gasteiger partial charge in [0.25, 0.3) is 0 Å². The maximum absolute atomic E-state index is 12.1. The van der Waals surface area contributed by atoms with E-state index in [4.69, 9.17) is 9.57 Å². The summed E-state index contributed by atoms with van der Waals surface area (Å²) in [6.45, 7) is 2.38. The molecule has 3 rings (SSSR count). The van der Waals surface area contributed by atoms with Crippen molar-refractivity contribution in [3.8, 4) is 0 Å². The third-order valence-corrected chi connectivity index (χ3v) is 4.49. The summed E-state index contributed by atoms with van der Waals surface area (Å²) in [5, 5.41) is 7.24. The molecule has 0 saturated carbocycles. The van der Waals surface area contributed by atoms with E-state index in [1.165, 1.54) is 5.56 Å². The molecule has 0 bridgehead atoms. The lowest BCUT2D eigenvalue weighted by atomic mass is 9.96. The lowest BCUT2D eigenvalue weighted by Crippen LogP contribution is -2.45. The van der Waals surface area contributed by atoms with E-state index in [9.17, 15) is 4.79 Å². The molecule has 1 aliphatic rings. The van der Waals surface area contributed by atoms with Gasteiger partial charge in [0.05, 0.1) is 18.4 Å². The summed E-state index contributed by atoms with van der Waals surface area (Å²) in [4.78, 5) is 17.8. The number of benzene rings is 2. The Labute approximate surface area is 160 Å². The van der Waals surface area contributed by atoms with Crippen LogP contribution in [0.3, 0.4) is 0 Å². The average Bonchev–Trinajstić information content (AvgIpc) is 3.16. The molecule has 1 N–H and O–H groups in total. The smallest absolute Gasteiger partial charge is 0.407 e. The van der Waals surface area contributed by atoms with Crippen LogP contribution < -0.4 is 5.32 Å². The van der Waals surface area contributed by atoms with Gasteiger partial charge >= 0.3 is 6.09 Å². The molecule has 2 atom stereocenters. The first kappa shape index (κ1) is 19.0. The van der Waals surface area contributed by atoms with Crippen molar-refractivity contribution in [1.82, 2.24) is 5.32 Å². The summed E-state index contributed by atoms with van der Waals surface area (Å²) >= 11 is 0. The van der Waals surface area contributed by atoms with Crippen LogP contribution in [0.1, 0.15) is 30.9 Å². The van der Waals surface area contributed by atoms with Gasteiger partial charge in [-0.2, -0.15) is 0 Å². The highest BCUT2D eigenvalue weighted by Gasteiger charge is 2.31. The standard InChI is InChI=1S/C22H26N2O3/c1-2-13-26-22(25)23-20(15-18-11-7-4-8-12-18)21-16-19(24-27-21)14-17-9-5-3-6-10-17/h3-12,20-21H,2,13-16H2,1H3,(H,23,25). The zero-order chi connectivity index (χ0) is 18.9. The molecule has 1 aliphatic heterocycles. The second kappa shape index (κ2) is 9.76. The van der Waals surface area contributed by atoms with Crippen molar-refractivity contribution in [2.45, 2.75) is 44.8 Å². The van der Waals surface area contributed by atoms with Crippen molar-refractivity contribution in [1.29, 1.82) is 0 Å². The maximum atomic E-state index is 12.1. The predicted molar refractivity (Wildman–Crippen MR) is 106 cm³/mol. The molecule has 2 aromatic carbocycles. The molecule has 0 radical (unpaired) electrons. The van der Waals surface area contributed by atoms with Gasteiger partial charge in [-0.05, 0) is 24.0 Å². The van der Waals surface area contributed by atoms with Crippen molar-refractivity contribution >= 4 is 11.8 Å². The summed E-state index contributed by atoms with van der Waals surface area (Å²) in [6, 6.07) is 20.1. The van der Waals surface area contributed by atoms with Crippen LogP contribution in [0.25, 0.3) is 0 Å². The Bertz CT molecular complexity index is 747. The van der Waals surface area contributed by atoms with Crippen molar-refractivity contribution in [3.05, 3.63) is 71.8 Å². The van der Waals surface area contributed by atoms with E-state index >= 15 is 0 Å². The molecule has 0 fully saturated rings. The van der Waals surface area contributed by atoms with E-state index in [1.807, 2.05) is 55.5 Å². The number of carbonyl (C=O) groups excluding carboxylic acids is 1. The van der Waals surface area contributed by atoms with Crippen molar-refractivity contribution < 1.29 is 14.4 Å². The fraction of sp³-hybridized carbons (Fsp3) is 0.364. The molecular formula is C22H26N2O3. The Kier molecular flexibility index (Phi) is 6.85. The minimum absolute atomic E-state index is 0.196. The first-order valence-corrected chi connectivity index (χ1v) is 9.47. The molecule has 2 unspecified atom stereocenters. The molecule has 0 aliphatic carbocycles. The zero-order valence-electron chi connectivity index (χ0n) is 15.6. The normalized spacial score (nSPS) is 16.9. The Morgan fingerprint density at radius 3 is 2.48 bits per heavy atom. The molecule has 5 heteroatoms. The summed E-state index contributed by atoms with van der Waals surface area (Å²) in [5.74, 6) is 0. The molecule has 27 heavy (non-hydrogen) atoms. The number of hydrogen-bond donors (Lipinski definition) is 1. The number of carbonyl (C=O) groups is 1. The Hall–Kier alpha value is -2.82. The molecule has 5 nitrogen and oxygen atoms in total. The van der Waals surface area contributed by atoms with E-state index in [0.717, 1.165) is 24.1 Å². The van der Waals surface area contributed by atoms with Crippen LogP contribution in [0.15, 0.2) is 65.8 Å².